The number of benzene rings is 1. The van der Waals surface area contributed by atoms with Gasteiger partial charge in [0.1, 0.15) is 17.6 Å². The quantitative estimate of drug-likeness (QED) is 0.870. The SMILES string of the molecule is CNC(C)CCc1cc2c(cc1OC)CC(C)O2. The molecule has 1 aromatic carbocycles. The van der Waals surface area contributed by atoms with Crippen molar-refractivity contribution in [3.8, 4) is 11.5 Å². The third-order valence-electron chi connectivity index (χ3n) is 3.64. The van der Waals surface area contributed by atoms with Gasteiger partial charge in [-0.05, 0) is 51.4 Å². The molecule has 0 amide bonds. The molecular formula is C15H23NO2. The first-order valence-corrected chi connectivity index (χ1v) is 6.67. The molecule has 1 N–H and O–H groups in total. The van der Waals surface area contributed by atoms with E-state index in [-0.39, 0.29) is 6.10 Å². The molecule has 1 aliphatic heterocycles. The summed E-state index contributed by atoms with van der Waals surface area (Å²) in [6.07, 6.45) is 3.38. The van der Waals surface area contributed by atoms with Crippen LogP contribution in [-0.4, -0.2) is 26.3 Å². The second-order valence-electron chi connectivity index (χ2n) is 5.13. The molecule has 3 nitrogen and oxygen atoms in total. The Balaban J connectivity index is 2.17. The molecule has 2 rings (SSSR count). The fourth-order valence-electron chi connectivity index (χ4n) is 2.38. The van der Waals surface area contributed by atoms with Crippen LogP contribution in [0, 0.1) is 0 Å². The van der Waals surface area contributed by atoms with E-state index in [9.17, 15) is 0 Å². The maximum absolute atomic E-state index is 5.81. The Kier molecular flexibility index (Phi) is 4.12. The zero-order valence-corrected chi connectivity index (χ0v) is 11.7. The maximum atomic E-state index is 5.81. The van der Waals surface area contributed by atoms with Gasteiger partial charge in [0, 0.05) is 18.0 Å². The van der Waals surface area contributed by atoms with E-state index in [1.54, 1.807) is 7.11 Å². The minimum atomic E-state index is 0.288. The highest BCUT2D eigenvalue weighted by Gasteiger charge is 2.21. The van der Waals surface area contributed by atoms with Crippen molar-refractivity contribution in [3.63, 3.8) is 0 Å². The van der Waals surface area contributed by atoms with Gasteiger partial charge in [-0.25, -0.2) is 0 Å². The molecule has 0 aliphatic carbocycles. The van der Waals surface area contributed by atoms with Gasteiger partial charge in [0.05, 0.1) is 7.11 Å². The Morgan fingerprint density at radius 2 is 2.28 bits per heavy atom. The molecule has 2 atom stereocenters. The number of nitrogens with one attached hydrogen (secondary N) is 1. The highest BCUT2D eigenvalue weighted by atomic mass is 16.5. The lowest BCUT2D eigenvalue weighted by Crippen LogP contribution is -2.21. The molecule has 0 saturated heterocycles. The van der Waals surface area contributed by atoms with Crippen molar-refractivity contribution in [2.75, 3.05) is 14.2 Å². The molecule has 0 spiro atoms. The zero-order valence-electron chi connectivity index (χ0n) is 11.7. The van der Waals surface area contributed by atoms with Gasteiger partial charge in [-0.2, -0.15) is 0 Å². The van der Waals surface area contributed by atoms with Crippen molar-refractivity contribution in [2.24, 2.45) is 0 Å². The highest BCUT2D eigenvalue weighted by Crippen LogP contribution is 2.35. The average molecular weight is 249 g/mol. The molecule has 100 valence electrons. The number of aryl methyl sites for hydroxylation is 1. The minimum absolute atomic E-state index is 0.288. The highest BCUT2D eigenvalue weighted by molar-refractivity contribution is 5.48. The number of hydrogen-bond acceptors (Lipinski definition) is 3. The topological polar surface area (TPSA) is 30.5 Å². The number of rotatable bonds is 5. The summed E-state index contributed by atoms with van der Waals surface area (Å²) >= 11 is 0. The van der Waals surface area contributed by atoms with Crippen molar-refractivity contribution < 1.29 is 9.47 Å². The van der Waals surface area contributed by atoms with Gasteiger partial charge < -0.3 is 14.8 Å². The van der Waals surface area contributed by atoms with Crippen LogP contribution in [0.3, 0.4) is 0 Å². The standard InChI is InChI=1S/C15H23NO2/c1-10(16-3)5-6-12-8-15-13(7-11(2)18-15)9-14(12)17-4/h8-11,16H,5-7H2,1-4H3. The molecule has 0 bridgehead atoms. The fourth-order valence-corrected chi connectivity index (χ4v) is 2.38. The second kappa shape index (κ2) is 5.61. The molecule has 2 unspecified atom stereocenters. The van der Waals surface area contributed by atoms with Crippen LogP contribution in [0.5, 0.6) is 11.5 Å². The summed E-state index contributed by atoms with van der Waals surface area (Å²) in [6, 6.07) is 4.81. The number of ether oxygens (including phenoxy) is 2. The first kappa shape index (κ1) is 13.2. The van der Waals surface area contributed by atoms with Gasteiger partial charge in [0.25, 0.3) is 0 Å². The summed E-state index contributed by atoms with van der Waals surface area (Å²) in [6.45, 7) is 4.30. The van der Waals surface area contributed by atoms with Crippen molar-refractivity contribution in [2.45, 2.75) is 45.3 Å². The third-order valence-corrected chi connectivity index (χ3v) is 3.64. The molecule has 1 aliphatic rings. The number of methoxy groups -OCH3 is 1. The van der Waals surface area contributed by atoms with Gasteiger partial charge >= 0.3 is 0 Å². The minimum Gasteiger partial charge on any atom is -0.496 e. The molecule has 18 heavy (non-hydrogen) atoms. The van der Waals surface area contributed by atoms with Crippen LogP contribution >= 0.6 is 0 Å². The summed E-state index contributed by atoms with van der Waals surface area (Å²) < 4.78 is 11.3. The zero-order chi connectivity index (χ0) is 13.1. The van der Waals surface area contributed by atoms with Crippen molar-refractivity contribution in [1.82, 2.24) is 5.32 Å². The molecule has 0 fully saturated rings. The van der Waals surface area contributed by atoms with Gasteiger partial charge in [-0.3, -0.25) is 0 Å². The van der Waals surface area contributed by atoms with Gasteiger partial charge in [-0.1, -0.05) is 0 Å². The van der Waals surface area contributed by atoms with E-state index in [2.05, 4.69) is 31.3 Å². The molecule has 1 heterocycles. The molecule has 0 radical (unpaired) electrons. The largest absolute Gasteiger partial charge is 0.496 e. The number of fused-ring (bicyclic) bond motifs is 1. The summed E-state index contributed by atoms with van der Waals surface area (Å²) in [4.78, 5) is 0. The van der Waals surface area contributed by atoms with Crippen LogP contribution in [0.2, 0.25) is 0 Å². The van der Waals surface area contributed by atoms with Crippen molar-refractivity contribution in [3.05, 3.63) is 23.3 Å². The summed E-state index contributed by atoms with van der Waals surface area (Å²) in [5, 5.41) is 3.26. The lowest BCUT2D eigenvalue weighted by Gasteiger charge is -2.13. The summed E-state index contributed by atoms with van der Waals surface area (Å²) in [5.74, 6) is 2.03. The Bertz CT molecular complexity index is 417. The number of hydrogen-bond donors (Lipinski definition) is 1. The van der Waals surface area contributed by atoms with Crippen LogP contribution in [0.15, 0.2) is 12.1 Å². The molecule has 0 saturated carbocycles. The van der Waals surface area contributed by atoms with Gasteiger partial charge in [-0.15, -0.1) is 0 Å². The molecule has 0 aromatic heterocycles. The van der Waals surface area contributed by atoms with E-state index in [4.69, 9.17) is 9.47 Å². The smallest absolute Gasteiger partial charge is 0.123 e. The fraction of sp³-hybridized carbons (Fsp3) is 0.600. The van der Waals surface area contributed by atoms with Gasteiger partial charge in [0.2, 0.25) is 0 Å². The Morgan fingerprint density at radius 1 is 1.50 bits per heavy atom. The van der Waals surface area contributed by atoms with E-state index in [1.807, 2.05) is 7.05 Å². The van der Waals surface area contributed by atoms with Crippen molar-refractivity contribution >= 4 is 0 Å². The Labute approximate surface area is 109 Å². The molecular weight excluding hydrogens is 226 g/mol. The second-order valence-corrected chi connectivity index (χ2v) is 5.13. The van der Waals surface area contributed by atoms with E-state index >= 15 is 0 Å². The lowest BCUT2D eigenvalue weighted by molar-refractivity contribution is 0.254. The van der Waals surface area contributed by atoms with Crippen molar-refractivity contribution in [1.29, 1.82) is 0 Å². The summed E-state index contributed by atoms with van der Waals surface area (Å²) in [7, 11) is 3.74. The maximum Gasteiger partial charge on any atom is 0.123 e. The van der Waals surface area contributed by atoms with Crippen LogP contribution < -0.4 is 14.8 Å². The molecule has 3 heteroatoms. The predicted molar refractivity (Wildman–Crippen MR) is 73.6 cm³/mol. The Morgan fingerprint density at radius 3 is 2.94 bits per heavy atom. The van der Waals surface area contributed by atoms with Crippen LogP contribution in [0.1, 0.15) is 31.4 Å². The van der Waals surface area contributed by atoms with Gasteiger partial charge in [0.15, 0.2) is 0 Å². The first-order chi connectivity index (χ1) is 8.63. The third kappa shape index (κ3) is 2.78. The Hall–Kier alpha value is -1.22. The lowest BCUT2D eigenvalue weighted by atomic mass is 10.0. The van der Waals surface area contributed by atoms with Crippen LogP contribution in [-0.2, 0) is 12.8 Å². The van der Waals surface area contributed by atoms with E-state index in [1.165, 1.54) is 11.1 Å². The van der Waals surface area contributed by atoms with E-state index < -0.39 is 0 Å². The average Bonchev–Trinajstić information content (AvgIpc) is 2.73. The predicted octanol–water partition coefficient (Wildman–Crippen LogP) is 2.56. The van der Waals surface area contributed by atoms with E-state index in [0.717, 1.165) is 30.8 Å². The normalized spacial score (nSPS) is 19.2. The van der Waals surface area contributed by atoms with Crippen LogP contribution in [0.25, 0.3) is 0 Å². The monoisotopic (exact) mass is 249 g/mol. The van der Waals surface area contributed by atoms with Crippen LogP contribution in [0.4, 0.5) is 0 Å². The molecule has 1 aromatic rings. The first-order valence-electron chi connectivity index (χ1n) is 6.67. The summed E-state index contributed by atoms with van der Waals surface area (Å²) in [5.41, 5.74) is 2.51. The van der Waals surface area contributed by atoms with E-state index in [0.29, 0.717) is 6.04 Å².